The van der Waals surface area contributed by atoms with Crippen molar-refractivity contribution in [1.82, 2.24) is 15.5 Å². The number of nitrogens with zero attached hydrogens (tertiary/aromatic N) is 2. The van der Waals surface area contributed by atoms with E-state index in [0.717, 1.165) is 12.8 Å². The van der Waals surface area contributed by atoms with Gasteiger partial charge in [-0.05, 0) is 25.3 Å². The van der Waals surface area contributed by atoms with Crippen LogP contribution in [0.25, 0.3) is 0 Å². The second-order valence-corrected chi connectivity index (χ2v) is 5.69. The lowest BCUT2D eigenvalue weighted by molar-refractivity contribution is -0.127. The topological polar surface area (TPSA) is 56.7 Å². The number of aryl methyl sites for hydroxylation is 1. The van der Waals surface area contributed by atoms with Crippen LogP contribution in [0, 0.1) is 0 Å². The van der Waals surface area contributed by atoms with Crippen molar-refractivity contribution in [3.63, 3.8) is 0 Å². The summed E-state index contributed by atoms with van der Waals surface area (Å²) in [4.78, 5) is 17.5. The second kappa shape index (κ2) is 10.4. The van der Waals surface area contributed by atoms with Crippen molar-refractivity contribution in [2.75, 3.05) is 27.2 Å². The zero-order chi connectivity index (χ0) is 17.1. The Morgan fingerprint density at radius 3 is 2.65 bits per heavy atom. The van der Waals surface area contributed by atoms with E-state index in [0.29, 0.717) is 12.5 Å². The molecule has 23 heavy (non-hydrogen) atoms. The van der Waals surface area contributed by atoms with Crippen molar-refractivity contribution >= 4 is 11.9 Å². The van der Waals surface area contributed by atoms with E-state index in [1.807, 2.05) is 6.07 Å². The minimum atomic E-state index is -0.0263. The highest BCUT2D eigenvalue weighted by Crippen LogP contribution is 2.04. The standard InChI is InChI=1S/C18H28N4O/c1-5-13-19-18(20-14-17(23)22(3)4)21-15(2)11-12-16-9-7-6-8-10-16/h5-10,15H,1,11-14H2,2-4H3,(H2,19,20,21). The van der Waals surface area contributed by atoms with Crippen molar-refractivity contribution < 1.29 is 4.79 Å². The van der Waals surface area contributed by atoms with E-state index in [2.05, 4.69) is 53.4 Å². The fourth-order valence-corrected chi connectivity index (χ4v) is 1.94. The zero-order valence-corrected chi connectivity index (χ0v) is 14.4. The van der Waals surface area contributed by atoms with E-state index in [4.69, 9.17) is 0 Å². The van der Waals surface area contributed by atoms with Crippen LogP contribution in [0.15, 0.2) is 48.0 Å². The summed E-state index contributed by atoms with van der Waals surface area (Å²) < 4.78 is 0. The highest BCUT2D eigenvalue weighted by Gasteiger charge is 2.07. The summed E-state index contributed by atoms with van der Waals surface area (Å²) in [7, 11) is 3.45. The van der Waals surface area contributed by atoms with Gasteiger partial charge >= 0.3 is 0 Å². The molecule has 1 aromatic rings. The van der Waals surface area contributed by atoms with Crippen LogP contribution in [0.2, 0.25) is 0 Å². The van der Waals surface area contributed by atoms with Crippen LogP contribution in [0.5, 0.6) is 0 Å². The Balaban J connectivity index is 2.52. The first-order valence-electron chi connectivity index (χ1n) is 7.92. The molecule has 0 bridgehead atoms. The first kappa shape index (κ1) is 18.7. The number of likely N-dealkylation sites (N-methyl/N-ethyl adjacent to an activating group) is 1. The predicted octanol–water partition coefficient (Wildman–Crippen LogP) is 1.82. The summed E-state index contributed by atoms with van der Waals surface area (Å²) in [6, 6.07) is 10.6. The molecule has 0 heterocycles. The molecule has 2 N–H and O–H groups in total. The molecular formula is C18H28N4O. The van der Waals surface area contributed by atoms with Crippen molar-refractivity contribution in [3.8, 4) is 0 Å². The molecule has 0 aliphatic rings. The number of hydrogen-bond donors (Lipinski definition) is 2. The third-order valence-corrected chi connectivity index (χ3v) is 3.38. The van der Waals surface area contributed by atoms with Crippen molar-refractivity contribution in [1.29, 1.82) is 0 Å². The Labute approximate surface area is 139 Å². The van der Waals surface area contributed by atoms with Gasteiger partial charge in [0.05, 0.1) is 0 Å². The Kier molecular flexibility index (Phi) is 8.50. The fraction of sp³-hybridized carbons (Fsp3) is 0.444. The van der Waals surface area contributed by atoms with Gasteiger partial charge in [0.2, 0.25) is 5.91 Å². The molecule has 1 amide bonds. The molecule has 0 fully saturated rings. The van der Waals surface area contributed by atoms with Crippen molar-refractivity contribution in [2.24, 2.45) is 4.99 Å². The molecule has 0 aromatic heterocycles. The molecule has 126 valence electrons. The number of rotatable bonds is 8. The van der Waals surface area contributed by atoms with Crippen LogP contribution < -0.4 is 10.6 Å². The summed E-state index contributed by atoms with van der Waals surface area (Å²) in [5.41, 5.74) is 1.32. The molecule has 5 heteroatoms. The molecule has 1 rings (SSSR count). The molecule has 0 saturated carbocycles. The predicted molar refractivity (Wildman–Crippen MR) is 96.6 cm³/mol. The van der Waals surface area contributed by atoms with E-state index >= 15 is 0 Å². The van der Waals surface area contributed by atoms with Crippen LogP contribution in [0.4, 0.5) is 0 Å². The summed E-state index contributed by atoms with van der Waals surface area (Å²) >= 11 is 0. The van der Waals surface area contributed by atoms with E-state index in [1.165, 1.54) is 10.5 Å². The smallest absolute Gasteiger partial charge is 0.243 e. The number of guanidine groups is 1. The fourth-order valence-electron chi connectivity index (χ4n) is 1.94. The van der Waals surface area contributed by atoms with Gasteiger partial charge < -0.3 is 15.5 Å². The molecule has 5 nitrogen and oxygen atoms in total. The van der Waals surface area contributed by atoms with Crippen molar-refractivity contribution in [2.45, 2.75) is 25.8 Å². The first-order valence-corrected chi connectivity index (χ1v) is 7.92. The highest BCUT2D eigenvalue weighted by molar-refractivity contribution is 5.84. The quantitative estimate of drug-likeness (QED) is 0.437. The minimum Gasteiger partial charge on any atom is -0.354 e. The maximum Gasteiger partial charge on any atom is 0.243 e. The largest absolute Gasteiger partial charge is 0.354 e. The van der Waals surface area contributed by atoms with Crippen LogP contribution >= 0.6 is 0 Å². The first-order chi connectivity index (χ1) is 11.0. The van der Waals surface area contributed by atoms with Gasteiger partial charge in [-0.2, -0.15) is 0 Å². The summed E-state index contributed by atoms with van der Waals surface area (Å²) in [5.74, 6) is 0.613. The van der Waals surface area contributed by atoms with Crippen LogP contribution in [0.3, 0.4) is 0 Å². The highest BCUT2D eigenvalue weighted by atomic mass is 16.2. The maximum atomic E-state index is 11.7. The van der Waals surface area contributed by atoms with Gasteiger partial charge in [-0.15, -0.1) is 6.58 Å². The number of amides is 1. The molecule has 1 unspecified atom stereocenters. The Morgan fingerprint density at radius 1 is 1.35 bits per heavy atom. The molecule has 0 radical (unpaired) electrons. The minimum absolute atomic E-state index is 0.0263. The lowest BCUT2D eigenvalue weighted by Crippen LogP contribution is -2.43. The Morgan fingerprint density at radius 2 is 2.04 bits per heavy atom. The van der Waals surface area contributed by atoms with Gasteiger partial charge in [0.1, 0.15) is 6.54 Å². The van der Waals surface area contributed by atoms with Crippen LogP contribution in [-0.4, -0.2) is 50.0 Å². The monoisotopic (exact) mass is 316 g/mol. The van der Waals surface area contributed by atoms with E-state index < -0.39 is 0 Å². The molecule has 1 aromatic carbocycles. The molecule has 0 spiro atoms. The van der Waals surface area contributed by atoms with E-state index in [-0.39, 0.29) is 18.5 Å². The summed E-state index contributed by atoms with van der Waals surface area (Å²) in [6.07, 6.45) is 3.75. The number of hydrogen-bond acceptors (Lipinski definition) is 2. The van der Waals surface area contributed by atoms with Gasteiger partial charge in [0.25, 0.3) is 0 Å². The van der Waals surface area contributed by atoms with Gasteiger partial charge in [-0.1, -0.05) is 36.4 Å². The molecule has 0 aliphatic carbocycles. The average molecular weight is 316 g/mol. The Bertz CT molecular complexity index is 511. The Hall–Kier alpha value is -2.30. The number of aliphatic imine (C=N–C) groups is 1. The third-order valence-electron chi connectivity index (χ3n) is 3.38. The average Bonchev–Trinajstić information content (AvgIpc) is 2.55. The van der Waals surface area contributed by atoms with E-state index in [1.54, 1.807) is 20.2 Å². The zero-order valence-electron chi connectivity index (χ0n) is 14.4. The number of carbonyl (C=O) groups is 1. The van der Waals surface area contributed by atoms with Gasteiger partial charge in [-0.3, -0.25) is 4.79 Å². The van der Waals surface area contributed by atoms with E-state index in [9.17, 15) is 4.79 Å². The number of carbonyl (C=O) groups excluding carboxylic acids is 1. The van der Waals surface area contributed by atoms with Crippen molar-refractivity contribution in [3.05, 3.63) is 48.6 Å². The van der Waals surface area contributed by atoms with Crippen LogP contribution in [-0.2, 0) is 11.2 Å². The number of benzene rings is 1. The normalized spacial score (nSPS) is 12.4. The van der Waals surface area contributed by atoms with Gasteiger partial charge in [0, 0.05) is 26.7 Å². The lowest BCUT2D eigenvalue weighted by Gasteiger charge is -2.18. The molecule has 0 aliphatic heterocycles. The van der Waals surface area contributed by atoms with Gasteiger partial charge in [0.15, 0.2) is 5.96 Å². The number of nitrogens with one attached hydrogen (secondary N) is 2. The van der Waals surface area contributed by atoms with Gasteiger partial charge in [-0.25, -0.2) is 4.99 Å². The van der Waals surface area contributed by atoms with Crippen LogP contribution in [0.1, 0.15) is 18.9 Å². The molecule has 0 saturated heterocycles. The lowest BCUT2D eigenvalue weighted by atomic mass is 10.1. The molecular weight excluding hydrogens is 288 g/mol. The summed E-state index contributed by atoms with van der Waals surface area (Å²) in [5, 5.41) is 6.48. The second-order valence-electron chi connectivity index (χ2n) is 5.69. The molecule has 1 atom stereocenters. The SMILES string of the molecule is C=CCNC(=NCC(=O)N(C)C)NC(C)CCc1ccccc1. The third kappa shape index (κ3) is 8.04. The summed E-state index contributed by atoms with van der Waals surface area (Å²) in [6.45, 7) is 6.54. The maximum absolute atomic E-state index is 11.7.